The van der Waals surface area contributed by atoms with Crippen molar-refractivity contribution in [1.29, 1.82) is 0 Å². The van der Waals surface area contributed by atoms with Crippen LogP contribution < -0.4 is 5.32 Å². The van der Waals surface area contributed by atoms with Crippen LogP contribution in [0.4, 0.5) is 0 Å². The summed E-state index contributed by atoms with van der Waals surface area (Å²) in [7, 11) is -3.91. The van der Waals surface area contributed by atoms with Crippen LogP contribution in [0.3, 0.4) is 0 Å². The van der Waals surface area contributed by atoms with Gasteiger partial charge in [0.25, 0.3) is 15.9 Å². The SMILES string of the molecule is CCCCNC(=O)[C@@H](C)N(Cc1ccc(C)cc1)C(=O)CCCN1C(=O)c2ccccc2S1(=O)=O. The number of sulfonamides is 1. The Hall–Kier alpha value is -3.20. The molecule has 1 N–H and O–H groups in total. The second-order valence-electron chi connectivity index (χ2n) is 8.81. The van der Waals surface area contributed by atoms with Crippen molar-refractivity contribution in [3.8, 4) is 0 Å². The number of carbonyl (C=O) groups is 3. The van der Waals surface area contributed by atoms with Gasteiger partial charge in [-0.2, -0.15) is 0 Å². The van der Waals surface area contributed by atoms with Gasteiger partial charge in [0.05, 0.1) is 5.56 Å². The summed E-state index contributed by atoms with van der Waals surface area (Å²) < 4.78 is 26.3. The van der Waals surface area contributed by atoms with E-state index in [-0.39, 0.29) is 48.2 Å². The highest BCUT2D eigenvalue weighted by atomic mass is 32.2. The Morgan fingerprint density at radius 2 is 1.74 bits per heavy atom. The zero-order valence-electron chi connectivity index (χ0n) is 20.5. The maximum Gasteiger partial charge on any atom is 0.269 e. The van der Waals surface area contributed by atoms with Crippen molar-refractivity contribution in [1.82, 2.24) is 14.5 Å². The fourth-order valence-corrected chi connectivity index (χ4v) is 5.59. The summed E-state index contributed by atoms with van der Waals surface area (Å²) in [6, 6.07) is 13.1. The molecule has 0 unspecified atom stereocenters. The zero-order valence-corrected chi connectivity index (χ0v) is 21.3. The van der Waals surface area contributed by atoms with Crippen molar-refractivity contribution in [2.75, 3.05) is 13.1 Å². The van der Waals surface area contributed by atoms with Crippen molar-refractivity contribution in [3.63, 3.8) is 0 Å². The first-order valence-electron chi connectivity index (χ1n) is 12.0. The largest absolute Gasteiger partial charge is 0.354 e. The lowest BCUT2D eigenvalue weighted by Crippen LogP contribution is -2.47. The highest BCUT2D eigenvalue weighted by Gasteiger charge is 2.40. The van der Waals surface area contributed by atoms with Gasteiger partial charge in [-0.25, -0.2) is 12.7 Å². The van der Waals surface area contributed by atoms with Crippen LogP contribution in [-0.2, 0) is 26.2 Å². The Kier molecular flexibility index (Phi) is 8.67. The van der Waals surface area contributed by atoms with E-state index in [0.29, 0.717) is 6.54 Å². The van der Waals surface area contributed by atoms with Crippen LogP contribution in [0, 0.1) is 6.92 Å². The monoisotopic (exact) mass is 499 g/mol. The lowest BCUT2D eigenvalue weighted by molar-refractivity contribution is -0.140. The minimum Gasteiger partial charge on any atom is -0.354 e. The first-order chi connectivity index (χ1) is 16.7. The Bertz CT molecular complexity index is 1180. The van der Waals surface area contributed by atoms with Crippen LogP contribution in [0.25, 0.3) is 0 Å². The second-order valence-corrected chi connectivity index (χ2v) is 10.6. The van der Waals surface area contributed by atoms with Crippen LogP contribution in [0.5, 0.6) is 0 Å². The van der Waals surface area contributed by atoms with Crippen molar-refractivity contribution >= 4 is 27.7 Å². The van der Waals surface area contributed by atoms with Crippen molar-refractivity contribution < 1.29 is 22.8 Å². The van der Waals surface area contributed by atoms with Gasteiger partial charge >= 0.3 is 0 Å². The molecule has 35 heavy (non-hydrogen) atoms. The fourth-order valence-electron chi connectivity index (χ4n) is 3.98. The smallest absolute Gasteiger partial charge is 0.269 e. The quantitative estimate of drug-likeness (QED) is 0.478. The maximum absolute atomic E-state index is 13.2. The molecule has 0 aromatic heterocycles. The number of benzene rings is 2. The van der Waals surface area contributed by atoms with E-state index in [0.717, 1.165) is 28.3 Å². The van der Waals surface area contributed by atoms with E-state index in [9.17, 15) is 22.8 Å². The van der Waals surface area contributed by atoms with Gasteiger partial charge < -0.3 is 10.2 Å². The van der Waals surface area contributed by atoms with Crippen molar-refractivity contribution in [2.45, 2.75) is 63.9 Å². The number of nitrogens with zero attached hydrogens (tertiary/aromatic N) is 2. The number of fused-ring (bicyclic) bond motifs is 1. The molecule has 0 fully saturated rings. The molecule has 1 aliphatic rings. The lowest BCUT2D eigenvalue weighted by atomic mass is 10.1. The van der Waals surface area contributed by atoms with Crippen LogP contribution in [0.15, 0.2) is 53.4 Å². The molecule has 188 valence electrons. The minimum atomic E-state index is -3.91. The standard InChI is InChI=1S/C26H33N3O5S/c1-4-5-16-27-25(31)20(3)28(18-21-14-12-19(2)13-15-21)24(30)11-8-17-29-26(32)22-9-6-7-10-23(22)35(29,33)34/h6-7,9-10,12-15,20H,4-5,8,11,16-18H2,1-3H3,(H,27,31)/t20-/m1/s1. The summed E-state index contributed by atoms with van der Waals surface area (Å²) in [5.41, 5.74) is 2.14. The predicted molar refractivity (Wildman–Crippen MR) is 133 cm³/mol. The summed E-state index contributed by atoms with van der Waals surface area (Å²) in [5, 5.41) is 2.88. The number of hydrogen-bond acceptors (Lipinski definition) is 5. The van der Waals surface area contributed by atoms with Crippen LogP contribution in [0.2, 0.25) is 0 Å². The Morgan fingerprint density at radius 1 is 1.06 bits per heavy atom. The van der Waals surface area contributed by atoms with Gasteiger partial charge in [-0.3, -0.25) is 14.4 Å². The van der Waals surface area contributed by atoms with E-state index in [2.05, 4.69) is 5.32 Å². The fraction of sp³-hybridized carbons (Fsp3) is 0.423. The number of unbranched alkanes of at least 4 members (excludes halogenated alkanes) is 1. The Balaban J connectivity index is 1.68. The van der Waals surface area contributed by atoms with Crippen molar-refractivity contribution in [3.05, 3.63) is 65.2 Å². The summed E-state index contributed by atoms with van der Waals surface area (Å²) >= 11 is 0. The molecule has 1 aliphatic heterocycles. The number of amides is 3. The average Bonchev–Trinajstić information content (AvgIpc) is 3.04. The Morgan fingerprint density at radius 3 is 2.40 bits per heavy atom. The van der Waals surface area contributed by atoms with Crippen LogP contribution >= 0.6 is 0 Å². The molecule has 1 heterocycles. The van der Waals surface area contributed by atoms with Crippen LogP contribution in [-0.4, -0.2) is 54.5 Å². The molecular formula is C26H33N3O5S. The third-order valence-corrected chi connectivity index (χ3v) is 7.97. The molecule has 0 saturated carbocycles. The predicted octanol–water partition coefficient (Wildman–Crippen LogP) is 3.25. The first kappa shape index (κ1) is 26.4. The van der Waals surface area contributed by atoms with Gasteiger partial charge in [0.1, 0.15) is 10.9 Å². The van der Waals surface area contributed by atoms with E-state index in [1.807, 2.05) is 38.1 Å². The molecule has 2 aromatic carbocycles. The molecule has 0 spiro atoms. The lowest BCUT2D eigenvalue weighted by Gasteiger charge is -2.29. The molecule has 3 rings (SSSR count). The molecular weight excluding hydrogens is 466 g/mol. The highest BCUT2D eigenvalue weighted by molar-refractivity contribution is 7.90. The van der Waals surface area contributed by atoms with E-state index < -0.39 is 22.0 Å². The topological polar surface area (TPSA) is 104 Å². The van der Waals surface area contributed by atoms with Crippen molar-refractivity contribution in [2.24, 2.45) is 0 Å². The molecule has 1 atom stereocenters. The van der Waals surface area contributed by atoms with Crippen LogP contribution in [0.1, 0.15) is 61.0 Å². The minimum absolute atomic E-state index is 0.00491. The highest BCUT2D eigenvalue weighted by Crippen LogP contribution is 2.30. The number of hydrogen-bond donors (Lipinski definition) is 1. The third-order valence-electron chi connectivity index (χ3n) is 6.13. The van der Waals surface area contributed by atoms with E-state index in [4.69, 9.17) is 0 Å². The van der Waals surface area contributed by atoms with Gasteiger partial charge in [-0.15, -0.1) is 0 Å². The van der Waals surface area contributed by atoms with Gasteiger partial charge in [-0.05, 0) is 44.4 Å². The summed E-state index contributed by atoms with van der Waals surface area (Å²) in [6.45, 7) is 6.40. The number of carbonyl (C=O) groups excluding carboxylic acids is 3. The molecule has 8 nitrogen and oxygen atoms in total. The van der Waals surface area contributed by atoms with E-state index >= 15 is 0 Å². The Labute approximate surface area is 207 Å². The first-order valence-corrected chi connectivity index (χ1v) is 13.4. The normalized spacial score (nSPS) is 14.9. The average molecular weight is 500 g/mol. The van der Waals surface area contributed by atoms with Gasteiger partial charge in [0.2, 0.25) is 11.8 Å². The maximum atomic E-state index is 13.2. The number of rotatable bonds is 11. The number of aryl methyl sites for hydroxylation is 1. The van der Waals surface area contributed by atoms with Gasteiger partial charge in [0.15, 0.2) is 0 Å². The molecule has 0 aliphatic carbocycles. The molecule has 0 saturated heterocycles. The van der Waals surface area contributed by atoms with E-state index in [1.54, 1.807) is 19.1 Å². The zero-order chi connectivity index (χ0) is 25.6. The van der Waals surface area contributed by atoms with Gasteiger partial charge in [-0.1, -0.05) is 55.3 Å². The summed E-state index contributed by atoms with van der Waals surface area (Å²) in [5.74, 6) is -1.08. The third kappa shape index (κ3) is 6.08. The number of nitrogens with one attached hydrogen (secondary N) is 1. The molecule has 9 heteroatoms. The molecule has 3 amide bonds. The van der Waals surface area contributed by atoms with Gasteiger partial charge in [0, 0.05) is 26.1 Å². The summed E-state index contributed by atoms with van der Waals surface area (Å²) in [6.07, 6.45) is 1.97. The molecule has 0 bridgehead atoms. The van der Waals surface area contributed by atoms with E-state index in [1.165, 1.54) is 17.0 Å². The molecule has 0 radical (unpaired) electrons. The summed E-state index contributed by atoms with van der Waals surface area (Å²) in [4.78, 5) is 40.0. The molecule has 2 aromatic rings. The second kappa shape index (κ2) is 11.5.